The molecule has 0 unspecified atom stereocenters. The molecule has 0 bridgehead atoms. The van der Waals surface area contributed by atoms with Gasteiger partial charge in [-0.05, 0) is 51.6 Å². The van der Waals surface area contributed by atoms with Crippen molar-refractivity contribution in [3.63, 3.8) is 0 Å². The van der Waals surface area contributed by atoms with E-state index >= 15 is 0 Å². The number of fused-ring (bicyclic) bond motifs is 1. The van der Waals surface area contributed by atoms with Crippen LogP contribution in [0.4, 0.5) is 8.78 Å². The maximum absolute atomic E-state index is 13.6. The number of benzene rings is 1. The Morgan fingerprint density at radius 2 is 1.79 bits per heavy atom. The molecular formula is C16H14F2INO4. The van der Waals surface area contributed by atoms with Crippen molar-refractivity contribution in [2.75, 3.05) is 13.2 Å². The van der Waals surface area contributed by atoms with Gasteiger partial charge in [0.05, 0.1) is 17.7 Å². The number of halogens is 3. The lowest BCUT2D eigenvalue weighted by Crippen LogP contribution is -2.31. The number of carbonyl (C=O) groups is 3. The third-order valence-corrected chi connectivity index (χ3v) is 4.19. The van der Waals surface area contributed by atoms with Crippen LogP contribution < -0.4 is 0 Å². The summed E-state index contributed by atoms with van der Waals surface area (Å²) in [6, 6.07) is 6.39. The van der Waals surface area contributed by atoms with E-state index in [2.05, 4.69) is 4.74 Å². The molecule has 0 N–H and O–H groups in total. The van der Waals surface area contributed by atoms with Crippen molar-refractivity contribution in [3.05, 3.63) is 45.0 Å². The van der Waals surface area contributed by atoms with Gasteiger partial charge in [-0.15, -0.1) is 0 Å². The van der Waals surface area contributed by atoms with Gasteiger partial charge in [-0.3, -0.25) is 14.5 Å². The van der Waals surface area contributed by atoms with Crippen molar-refractivity contribution in [2.45, 2.75) is 19.3 Å². The average Bonchev–Trinajstić information content (AvgIpc) is 2.77. The van der Waals surface area contributed by atoms with Gasteiger partial charge in [0.2, 0.25) is 0 Å². The quantitative estimate of drug-likeness (QED) is 0.380. The molecular weight excluding hydrogens is 435 g/mol. The molecule has 24 heavy (non-hydrogen) atoms. The van der Waals surface area contributed by atoms with Crippen LogP contribution in [0.3, 0.4) is 0 Å². The highest BCUT2D eigenvalue weighted by atomic mass is 127. The number of amides is 2. The first-order valence-electron chi connectivity index (χ1n) is 7.15. The van der Waals surface area contributed by atoms with Crippen LogP contribution in [0.25, 0.3) is 0 Å². The van der Waals surface area contributed by atoms with Gasteiger partial charge in [0, 0.05) is 12.6 Å². The normalized spacial score (nSPS) is 14.8. The molecule has 1 aliphatic rings. The number of hydrogen-bond acceptors (Lipinski definition) is 4. The third-order valence-electron chi connectivity index (χ3n) is 3.34. The second-order valence-electron chi connectivity index (χ2n) is 4.99. The average molecular weight is 449 g/mol. The van der Waals surface area contributed by atoms with Gasteiger partial charge in [-0.2, -0.15) is 8.78 Å². The maximum Gasteiger partial charge on any atom is 0.381 e. The summed E-state index contributed by atoms with van der Waals surface area (Å²) in [4.78, 5) is 36.5. The topological polar surface area (TPSA) is 63.7 Å². The Morgan fingerprint density at radius 3 is 2.29 bits per heavy atom. The van der Waals surface area contributed by atoms with Crippen LogP contribution in [0.15, 0.2) is 33.9 Å². The van der Waals surface area contributed by atoms with Crippen LogP contribution in [0, 0.1) is 0 Å². The van der Waals surface area contributed by atoms with Crippen LogP contribution in [-0.4, -0.2) is 41.8 Å². The Morgan fingerprint density at radius 1 is 1.25 bits per heavy atom. The number of rotatable bonds is 6. The summed E-state index contributed by atoms with van der Waals surface area (Å²) in [6.07, 6.45) is 0.519. The number of nitrogens with zero attached hydrogens (tertiary/aromatic N) is 1. The summed E-state index contributed by atoms with van der Waals surface area (Å²) in [6.45, 7) is 1.25. The van der Waals surface area contributed by atoms with Crippen LogP contribution in [-0.2, 0) is 9.53 Å². The fourth-order valence-corrected chi connectivity index (χ4v) is 2.85. The first kappa shape index (κ1) is 18.5. The number of carbonyl (C=O) groups excluding carboxylic acids is 3. The largest absolute Gasteiger partial charge is 0.461 e. The van der Waals surface area contributed by atoms with Crippen molar-refractivity contribution in [2.24, 2.45) is 0 Å². The monoisotopic (exact) mass is 449 g/mol. The molecule has 0 atom stereocenters. The molecule has 2 amide bonds. The summed E-state index contributed by atoms with van der Waals surface area (Å²) in [5.74, 6) is -6.26. The highest BCUT2D eigenvalue weighted by molar-refractivity contribution is 14.1. The molecule has 1 aromatic rings. The summed E-state index contributed by atoms with van der Waals surface area (Å²) < 4.78 is 31.7. The molecule has 128 valence electrons. The van der Waals surface area contributed by atoms with Gasteiger partial charge in [-0.25, -0.2) is 4.79 Å². The molecule has 0 fully saturated rings. The summed E-state index contributed by atoms with van der Waals surface area (Å²) in [5, 5.41) is 0. The van der Waals surface area contributed by atoms with Gasteiger partial charge >= 0.3 is 11.9 Å². The van der Waals surface area contributed by atoms with Crippen molar-refractivity contribution < 1.29 is 27.9 Å². The number of hydrogen-bond donors (Lipinski definition) is 0. The SMILES string of the molecule is CCOC(=O)C(F)(F)C=C(I)CCN1C(=O)c2ccccc2C1=O. The first-order valence-corrected chi connectivity index (χ1v) is 8.23. The molecule has 0 radical (unpaired) electrons. The van der Waals surface area contributed by atoms with E-state index in [1.165, 1.54) is 6.92 Å². The lowest BCUT2D eigenvalue weighted by Gasteiger charge is -2.15. The lowest BCUT2D eigenvalue weighted by molar-refractivity contribution is -0.164. The van der Waals surface area contributed by atoms with Gasteiger partial charge in [0.1, 0.15) is 0 Å². The fourth-order valence-electron chi connectivity index (χ4n) is 2.22. The van der Waals surface area contributed by atoms with E-state index in [4.69, 9.17) is 0 Å². The Labute approximate surface area is 150 Å². The maximum atomic E-state index is 13.6. The van der Waals surface area contributed by atoms with Crippen LogP contribution in [0.1, 0.15) is 34.1 Å². The smallest absolute Gasteiger partial charge is 0.381 e. The Bertz CT molecular complexity index is 683. The molecule has 0 spiro atoms. The molecule has 0 aromatic heterocycles. The predicted octanol–water partition coefficient (Wildman–Crippen LogP) is 3.19. The Balaban J connectivity index is 2.04. The molecule has 1 heterocycles. The number of alkyl halides is 2. The van der Waals surface area contributed by atoms with E-state index < -0.39 is 23.7 Å². The van der Waals surface area contributed by atoms with E-state index in [-0.39, 0.29) is 23.2 Å². The molecule has 1 aromatic carbocycles. The first-order chi connectivity index (χ1) is 11.3. The molecule has 2 rings (SSSR count). The standard InChI is InChI=1S/C16H14F2INO4/c1-2-24-15(23)16(17,18)9-10(19)7-8-20-13(21)11-5-3-4-6-12(11)14(20)22/h3-6,9H,2,7-8H2,1H3. The van der Waals surface area contributed by atoms with E-state index in [9.17, 15) is 23.2 Å². The number of imide groups is 1. The molecule has 0 saturated carbocycles. The molecule has 0 aliphatic carbocycles. The lowest BCUT2D eigenvalue weighted by atomic mass is 10.1. The van der Waals surface area contributed by atoms with E-state index in [1.54, 1.807) is 46.9 Å². The Hall–Kier alpha value is -1.84. The van der Waals surface area contributed by atoms with E-state index in [0.717, 1.165) is 4.90 Å². The number of ether oxygens (including phenoxy) is 1. The van der Waals surface area contributed by atoms with Gasteiger partial charge < -0.3 is 4.74 Å². The number of esters is 1. The van der Waals surface area contributed by atoms with Crippen molar-refractivity contribution in [1.82, 2.24) is 4.90 Å². The minimum absolute atomic E-state index is 0.0288. The third kappa shape index (κ3) is 3.80. The minimum Gasteiger partial charge on any atom is -0.461 e. The molecule has 5 nitrogen and oxygen atoms in total. The fraction of sp³-hybridized carbons (Fsp3) is 0.312. The zero-order valence-corrected chi connectivity index (χ0v) is 14.9. The van der Waals surface area contributed by atoms with Gasteiger partial charge in [-0.1, -0.05) is 12.1 Å². The minimum atomic E-state index is -3.74. The summed E-state index contributed by atoms with van der Waals surface area (Å²) >= 11 is 1.65. The highest BCUT2D eigenvalue weighted by Gasteiger charge is 2.39. The molecule has 0 saturated heterocycles. The van der Waals surface area contributed by atoms with Crippen molar-refractivity contribution >= 4 is 40.4 Å². The van der Waals surface area contributed by atoms with Crippen LogP contribution in [0.2, 0.25) is 0 Å². The second-order valence-corrected chi connectivity index (χ2v) is 6.38. The molecule has 1 aliphatic heterocycles. The predicted molar refractivity (Wildman–Crippen MR) is 90.1 cm³/mol. The zero-order valence-electron chi connectivity index (χ0n) is 12.7. The zero-order chi connectivity index (χ0) is 17.9. The summed E-state index contributed by atoms with van der Waals surface area (Å²) in [7, 11) is 0. The van der Waals surface area contributed by atoms with Crippen LogP contribution in [0.5, 0.6) is 0 Å². The van der Waals surface area contributed by atoms with Crippen molar-refractivity contribution in [1.29, 1.82) is 0 Å². The van der Waals surface area contributed by atoms with Gasteiger partial charge in [0.15, 0.2) is 0 Å². The Kier molecular flexibility index (Phi) is 5.68. The van der Waals surface area contributed by atoms with Gasteiger partial charge in [0.25, 0.3) is 11.8 Å². The highest BCUT2D eigenvalue weighted by Crippen LogP contribution is 2.27. The van der Waals surface area contributed by atoms with E-state index in [1.807, 2.05) is 0 Å². The molecule has 8 heteroatoms. The van der Waals surface area contributed by atoms with Crippen LogP contribution >= 0.6 is 22.6 Å². The van der Waals surface area contributed by atoms with Crippen molar-refractivity contribution in [3.8, 4) is 0 Å². The van der Waals surface area contributed by atoms with E-state index in [0.29, 0.717) is 17.2 Å². The summed E-state index contributed by atoms with van der Waals surface area (Å²) in [5.41, 5.74) is 0.608. The second kappa shape index (κ2) is 7.37.